The zero-order valence-electron chi connectivity index (χ0n) is 17.9. The smallest absolute Gasteiger partial charge is 0.250 e. The second kappa shape index (κ2) is 8.94. The van der Waals surface area contributed by atoms with Gasteiger partial charge in [0.2, 0.25) is 0 Å². The molecular weight excluding hydrogens is 398 g/mol. The maximum absolute atomic E-state index is 11.7. The Labute approximate surface area is 187 Å². The number of primary amides is 1. The average molecular weight is 426 g/mol. The summed E-state index contributed by atoms with van der Waals surface area (Å²) in [5.41, 5.74) is 10.1. The topological polar surface area (TPSA) is 76.2 Å². The number of amides is 1. The van der Waals surface area contributed by atoms with E-state index in [2.05, 4.69) is 69.9 Å². The molecule has 0 radical (unpaired) electrons. The SMILES string of the molecule is NC(=O)c1cccc2cn(-c3ccc(CNC4CCN(Cc5ccccc5)C4)cc3)nc12. The van der Waals surface area contributed by atoms with Gasteiger partial charge in [0.25, 0.3) is 5.91 Å². The quantitative estimate of drug-likeness (QED) is 0.475. The van der Waals surface area contributed by atoms with Crippen molar-refractivity contribution in [3.05, 3.63) is 95.7 Å². The molecule has 6 nitrogen and oxygen atoms in total. The molecule has 1 atom stereocenters. The molecule has 1 aromatic heterocycles. The van der Waals surface area contributed by atoms with Crippen molar-refractivity contribution in [2.75, 3.05) is 13.1 Å². The highest BCUT2D eigenvalue weighted by Crippen LogP contribution is 2.20. The number of aromatic nitrogens is 2. The molecule has 0 spiro atoms. The fourth-order valence-corrected chi connectivity index (χ4v) is 4.39. The van der Waals surface area contributed by atoms with Crippen LogP contribution in [0.4, 0.5) is 0 Å². The number of carbonyl (C=O) groups excluding carboxylic acids is 1. The highest BCUT2D eigenvalue weighted by molar-refractivity contribution is 6.04. The van der Waals surface area contributed by atoms with Gasteiger partial charge in [-0.3, -0.25) is 9.69 Å². The van der Waals surface area contributed by atoms with Crippen molar-refractivity contribution < 1.29 is 4.79 Å². The van der Waals surface area contributed by atoms with Gasteiger partial charge in [-0.15, -0.1) is 0 Å². The number of nitrogens with two attached hydrogens (primary N) is 1. The van der Waals surface area contributed by atoms with Crippen LogP contribution in [-0.2, 0) is 13.1 Å². The van der Waals surface area contributed by atoms with Gasteiger partial charge in [-0.2, -0.15) is 5.10 Å². The summed E-state index contributed by atoms with van der Waals surface area (Å²) in [6.45, 7) is 4.07. The van der Waals surface area contributed by atoms with E-state index in [-0.39, 0.29) is 0 Å². The summed E-state index contributed by atoms with van der Waals surface area (Å²) in [5, 5.41) is 9.18. The standard InChI is InChI=1S/C26H27N5O/c27-26(32)24-8-4-7-21-17-31(29-25(21)24)23-11-9-19(10-12-23)15-28-22-13-14-30(18-22)16-20-5-2-1-3-6-20/h1-12,17,22,28H,13-16,18H2,(H2,27,32). The third-order valence-electron chi connectivity index (χ3n) is 6.12. The van der Waals surface area contributed by atoms with Gasteiger partial charge in [0.1, 0.15) is 5.52 Å². The van der Waals surface area contributed by atoms with Crippen LogP contribution in [0.25, 0.3) is 16.6 Å². The molecule has 6 heteroatoms. The van der Waals surface area contributed by atoms with Crippen molar-refractivity contribution in [3.63, 3.8) is 0 Å². The maximum Gasteiger partial charge on any atom is 0.250 e. The van der Waals surface area contributed by atoms with E-state index < -0.39 is 5.91 Å². The molecule has 162 valence electrons. The Balaban J connectivity index is 1.19. The molecule has 2 heterocycles. The first-order valence-corrected chi connectivity index (χ1v) is 11.0. The Morgan fingerprint density at radius 1 is 1.00 bits per heavy atom. The van der Waals surface area contributed by atoms with E-state index in [0.717, 1.165) is 37.3 Å². The van der Waals surface area contributed by atoms with Crippen molar-refractivity contribution >= 4 is 16.8 Å². The van der Waals surface area contributed by atoms with E-state index in [4.69, 9.17) is 5.73 Å². The molecule has 0 bridgehead atoms. The molecule has 1 aliphatic heterocycles. The Morgan fingerprint density at radius 3 is 2.59 bits per heavy atom. The Hall–Kier alpha value is -3.48. The van der Waals surface area contributed by atoms with Crippen LogP contribution >= 0.6 is 0 Å². The van der Waals surface area contributed by atoms with Crippen molar-refractivity contribution in [2.24, 2.45) is 5.73 Å². The highest BCUT2D eigenvalue weighted by Gasteiger charge is 2.21. The van der Waals surface area contributed by atoms with E-state index in [1.54, 1.807) is 10.7 Å². The summed E-state index contributed by atoms with van der Waals surface area (Å²) < 4.78 is 1.80. The van der Waals surface area contributed by atoms with Gasteiger partial charge in [0, 0.05) is 43.8 Å². The predicted octanol–water partition coefficient (Wildman–Crippen LogP) is 3.49. The minimum atomic E-state index is -0.462. The molecule has 1 unspecified atom stereocenters. The lowest BCUT2D eigenvalue weighted by Gasteiger charge is -2.17. The van der Waals surface area contributed by atoms with Crippen LogP contribution in [0.3, 0.4) is 0 Å². The van der Waals surface area contributed by atoms with Crippen LogP contribution in [0, 0.1) is 0 Å². The van der Waals surface area contributed by atoms with Gasteiger partial charge in [0.15, 0.2) is 0 Å². The Kier molecular flexibility index (Phi) is 5.71. The fraction of sp³-hybridized carbons (Fsp3) is 0.231. The number of fused-ring (bicyclic) bond motifs is 1. The third-order valence-corrected chi connectivity index (χ3v) is 6.12. The fourth-order valence-electron chi connectivity index (χ4n) is 4.39. The molecule has 3 aromatic carbocycles. The lowest BCUT2D eigenvalue weighted by molar-refractivity contribution is 0.100. The van der Waals surface area contributed by atoms with Gasteiger partial charge < -0.3 is 11.1 Å². The van der Waals surface area contributed by atoms with Gasteiger partial charge in [-0.25, -0.2) is 4.68 Å². The molecule has 1 aliphatic rings. The van der Waals surface area contributed by atoms with E-state index in [1.807, 2.05) is 18.3 Å². The normalized spacial score (nSPS) is 16.6. The number of nitrogens with one attached hydrogen (secondary N) is 1. The molecular formula is C26H27N5O. The van der Waals surface area contributed by atoms with E-state index >= 15 is 0 Å². The lowest BCUT2D eigenvalue weighted by Crippen LogP contribution is -2.31. The second-order valence-corrected chi connectivity index (χ2v) is 8.43. The summed E-state index contributed by atoms with van der Waals surface area (Å²) in [7, 11) is 0. The average Bonchev–Trinajstić information content (AvgIpc) is 3.45. The third kappa shape index (κ3) is 4.42. The lowest BCUT2D eigenvalue weighted by atomic mass is 10.1. The van der Waals surface area contributed by atoms with Gasteiger partial charge in [-0.1, -0.05) is 54.6 Å². The first-order valence-electron chi connectivity index (χ1n) is 11.0. The number of carbonyl (C=O) groups is 1. The van der Waals surface area contributed by atoms with Crippen molar-refractivity contribution in [2.45, 2.75) is 25.6 Å². The summed E-state index contributed by atoms with van der Waals surface area (Å²) >= 11 is 0. The first-order chi connectivity index (χ1) is 15.7. The summed E-state index contributed by atoms with van der Waals surface area (Å²) in [4.78, 5) is 14.2. The Bertz CT molecular complexity index is 1220. The zero-order valence-corrected chi connectivity index (χ0v) is 17.9. The molecule has 1 fully saturated rings. The summed E-state index contributed by atoms with van der Waals surface area (Å²) in [5.74, 6) is -0.462. The first kappa shape index (κ1) is 20.4. The molecule has 3 N–H and O–H groups in total. The van der Waals surface area contributed by atoms with E-state index in [1.165, 1.54) is 17.5 Å². The minimum Gasteiger partial charge on any atom is -0.366 e. The number of nitrogens with zero attached hydrogens (tertiary/aromatic N) is 3. The predicted molar refractivity (Wildman–Crippen MR) is 127 cm³/mol. The van der Waals surface area contributed by atoms with Crippen LogP contribution in [0.1, 0.15) is 27.9 Å². The van der Waals surface area contributed by atoms with Crippen LogP contribution < -0.4 is 11.1 Å². The monoisotopic (exact) mass is 425 g/mol. The number of hydrogen-bond acceptors (Lipinski definition) is 4. The largest absolute Gasteiger partial charge is 0.366 e. The van der Waals surface area contributed by atoms with Gasteiger partial charge >= 0.3 is 0 Å². The number of likely N-dealkylation sites (tertiary alicyclic amines) is 1. The number of benzene rings is 3. The molecule has 0 saturated carbocycles. The van der Waals surface area contributed by atoms with Gasteiger partial charge in [-0.05, 0) is 35.7 Å². The Morgan fingerprint density at radius 2 is 1.81 bits per heavy atom. The van der Waals surface area contributed by atoms with Gasteiger partial charge in [0.05, 0.1) is 11.3 Å². The van der Waals surface area contributed by atoms with E-state index in [0.29, 0.717) is 17.1 Å². The van der Waals surface area contributed by atoms with Crippen molar-refractivity contribution in [1.82, 2.24) is 20.0 Å². The van der Waals surface area contributed by atoms with Crippen LogP contribution in [-0.4, -0.2) is 39.7 Å². The van der Waals surface area contributed by atoms with Crippen molar-refractivity contribution in [3.8, 4) is 5.69 Å². The van der Waals surface area contributed by atoms with E-state index in [9.17, 15) is 4.79 Å². The second-order valence-electron chi connectivity index (χ2n) is 8.43. The minimum absolute atomic E-state index is 0.444. The summed E-state index contributed by atoms with van der Waals surface area (Å²) in [6, 6.07) is 25.0. The van der Waals surface area contributed by atoms with Crippen LogP contribution in [0.2, 0.25) is 0 Å². The molecule has 32 heavy (non-hydrogen) atoms. The summed E-state index contributed by atoms with van der Waals surface area (Å²) in [6.07, 6.45) is 3.10. The molecule has 0 aliphatic carbocycles. The molecule has 4 aromatic rings. The van der Waals surface area contributed by atoms with Crippen molar-refractivity contribution in [1.29, 1.82) is 0 Å². The van der Waals surface area contributed by atoms with Crippen LogP contribution in [0.5, 0.6) is 0 Å². The number of hydrogen-bond donors (Lipinski definition) is 2. The molecule has 1 amide bonds. The molecule has 5 rings (SSSR count). The highest BCUT2D eigenvalue weighted by atomic mass is 16.1. The number of rotatable bonds is 7. The maximum atomic E-state index is 11.7. The molecule has 1 saturated heterocycles. The zero-order chi connectivity index (χ0) is 21.9. The van der Waals surface area contributed by atoms with Crippen LogP contribution in [0.15, 0.2) is 79.0 Å².